The molecule has 6 heteroatoms. The molecule has 0 amide bonds. The summed E-state index contributed by atoms with van der Waals surface area (Å²) in [5, 5.41) is 3.30. The molecule has 0 aromatic carbocycles. The first-order valence-corrected chi connectivity index (χ1v) is 8.18. The van der Waals surface area contributed by atoms with E-state index in [-0.39, 0.29) is 0 Å². The standard InChI is InChI=1S/C14H17Br2N3O/c1-4-5-17-12-7-10(8(2)3)18-14(19-12)11-6-9(15)13(16)20-11/h6-8H,4-5H2,1-3H3,(H,17,18,19). The molecule has 2 aromatic heterocycles. The van der Waals surface area contributed by atoms with Gasteiger partial charge in [-0.1, -0.05) is 20.8 Å². The Labute approximate surface area is 135 Å². The molecule has 0 spiro atoms. The van der Waals surface area contributed by atoms with Crippen LogP contribution < -0.4 is 5.32 Å². The van der Waals surface area contributed by atoms with Crippen LogP contribution in [-0.4, -0.2) is 16.5 Å². The second-order valence-corrected chi connectivity index (χ2v) is 6.39. The van der Waals surface area contributed by atoms with Gasteiger partial charge < -0.3 is 9.73 Å². The van der Waals surface area contributed by atoms with Crippen LogP contribution in [0, 0.1) is 0 Å². The zero-order chi connectivity index (χ0) is 14.7. The van der Waals surface area contributed by atoms with E-state index in [1.165, 1.54) is 0 Å². The Morgan fingerprint density at radius 3 is 2.55 bits per heavy atom. The highest BCUT2D eigenvalue weighted by molar-refractivity contribution is 9.13. The number of nitrogens with one attached hydrogen (secondary N) is 1. The number of aromatic nitrogens is 2. The van der Waals surface area contributed by atoms with Crippen molar-refractivity contribution in [1.82, 2.24) is 9.97 Å². The van der Waals surface area contributed by atoms with Gasteiger partial charge in [0.05, 0.1) is 4.47 Å². The molecule has 0 bridgehead atoms. The highest BCUT2D eigenvalue weighted by atomic mass is 79.9. The Hall–Kier alpha value is -0.880. The summed E-state index contributed by atoms with van der Waals surface area (Å²) in [4.78, 5) is 9.10. The van der Waals surface area contributed by atoms with E-state index in [9.17, 15) is 0 Å². The van der Waals surface area contributed by atoms with E-state index in [0.29, 0.717) is 22.2 Å². The van der Waals surface area contributed by atoms with Crippen LogP contribution in [0.2, 0.25) is 0 Å². The zero-order valence-corrected chi connectivity index (χ0v) is 14.9. The lowest BCUT2D eigenvalue weighted by Crippen LogP contribution is -2.06. The van der Waals surface area contributed by atoms with Gasteiger partial charge in [-0.25, -0.2) is 9.97 Å². The fourth-order valence-electron chi connectivity index (χ4n) is 1.67. The smallest absolute Gasteiger partial charge is 0.197 e. The van der Waals surface area contributed by atoms with Crippen molar-refractivity contribution in [3.63, 3.8) is 0 Å². The van der Waals surface area contributed by atoms with E-state index < -0.39 is 0 Å². The van der Waals surface area contributed by atoms with Crippen LogP contribution >= 0.6 is 31.9 Å². The van der Waals surface area contributed by atoms with Gasteiger partial charge in [0.2, 0.25) is 0 Å². The molecular formula is C14H17Br2N3O. The lowest BCUT2D eigenvalue weighted by atomic mass is 10.1. The highest BCUT2D eigenvalue weighted by Gasteiger charge is 2.14. The molecule has 0 aliphatic heterocycles. The first-order chi connectivity index (χ1) is 9.51. The monoisotopic (exact) mass is 401 g/mol. The second kappa shape index (κ2) is 6.72. The number of halogens is 2. The third-order valence-electron chi connectivity index (χ3n) is 2.76. The van der Waals surface area contributed by atoms with E-state index in [0.717, 1.165) is 29.0 Å². The van der Waals surface area contributed by atoms with Crippen molar-refractivity contribution < 1.29 is 4.42 Å². The molecular weight excluding hydrogens is 386 g/mol. The number of hydrogen-bond acceptors (Lipinski definition) is 4. The number of hydrogen-bond donors (Lipinski definition) is 1. The summed E-state index contributed by atoms with van der Waals surface area (Å²) in [5.41, 5.74) is 0.997. The molecule has 0 saturated carbocycles. The van der Waals surface area contributed by atoms with Crippen LogP contribution in [0.25, 0.3) is 11.6 Å². The van der Waals surface area contributed by atoms with E-state index in [2.05, 4.69) is 67.9 Å². The molecule has 20 heavy (non-hydrogen) atoms. The predicted molar refractivity (Wildman–Crippen MR) is 88.0 cm³/mol. The van der Waals surface area contributed by atoms with Gasteiger partial charge in [-0.3, -0.25) is 0 Å². The van der Waals surface area contributed by atoms with Gasteiger partial charge in [0.1, 0.15) is 5.82 Å². The molecule has 0 radical (unpaired) electrons. The fourth-order valence-corrected chi connectivity index (χ4v) is 2.25. The molecule has 2 heterocycles. The Morgan fingerprint density at radius 2 is 2.00 bits per heavy atom. The predicted octanol–water partition coefficient (Wildman–Crippen LogP) is 5.21. The maximum absolute atomic E-state index is 5.61. The largest absolute Gasteiger partial charge is 0.445 e. The van der Waals surface area contributed by atoms with Crippen molar-refractivity contribution in [3.05, 3.63) is 27.0 Å². The third kappa shape index (κ3) is 3.61. The number of furan rings is 1. The van der Waals surface area contributed by atoms with Crippen LogP contribution in [0.4, 0.5) is 5.82 Å². The average molecular weight is 403 g/mol. The number of nitrogens with zero attached hydrogens (tertiary/aromatic N) is 2. The van der Waals surface area contributed by atoms with Crippen molar-refractivity contribution in [2.45, 2.75) is 33.1 Å². The average Bonchev–Trinajstić information content (AvgIpc) is 2.76. The molecule has 0 unspecified atom stereocenters. The van der Waals surface area contributed by atoms with Crippen LogP contribution in [-0.2, 0) is 0 Å². The Morgan fingerprint density at radius 1 is 1.25 bits per heavy atom. The number of anilines is 1. The molecule has 0 aliphatic carbocycles. The van der Waals surface area contributed by atoms with E-state index in [1.54, 1.807) is 0 Å². The normalized spacial score (nSPS) is 11.1. The summed E-state index contributed by atoms with van der Waals surface area (Å²) in [6, 6.07) is 3.87. The molecule has 0 atom stereocenters. The molecule has 0 fully saturated rings. The van der Waals surface area contributed by atoms with Gasteiger partial charge in [0.25, 0.3) is 0 Å². The van der Waals surface area contributed by atoms with Gasteiger partial charge in [-0.05, 0) is 44.2 Å². The highest BCUT2D eigenvalue weighted by Crippen LogP contribution is 2.32. The van der Waals surface area contributed by atoms with Crippen molar-refractivity contribution in [1.29, 1.82) is 0 Å². The Kier molecular flexibility index (Phi) is 5.21. The van der Waals surface area contributed by atoms with Crippen molar-refractivity contribution >= 4 is 37.7 Å². The summed E-state index contributed by atoms with van der Waals surface area (Å²) in [6.07, 6.45) is 1.05. The van der Waals surface area contributed by atoms with Crippen molar-refractivity contribution in [2.24, 2.45) is 0 Å². The summed E-state index contributed by atoms with van der Waals surface area (Å²) < 4.78 is 7.11. The minimum atomic E-state index is 0.334. The lowest BCUT2D eigenvalue weighted by molar-refractivity contribution is 0.548. The van der Waals surface area contributed by atoms with Crippen LogP contribution in [0.5, 0.6) is 0 Å². The van der Waals surface area contributed by atoms with Gasteiger partial charge >= 0.3 is 0 Å². The van der Waals surface area contributed by atoms with Gasteiger partial charge in [-0.2, -0.15) is 0 Å². The first-order valence-electron chi connectivity index (χ1n) is 6.59. The maximum Gasteiger partial charge on any atom is 0.197 e. The first kappa shape index (κ1) is 15.5. The van der Waals surface area contributed by atoms with Crippen molar-refractivity contribution in [3.8, 4) is 11.6 Å². The minimum absolute atomic E-state index is 0.334. The van der Waals surface area contributed by atoms with Crippen LogP contribution in [0.15, 0.2) is 25.7 Å². The molecule has 0 aliphatic rings. The molecule has 2 rings (SSSR count). The number of rotatable bonds is 5. The molecule has 0 saturated heterocycles. The fraction of sp³-hybridized carbons (Fsp3) is 0.429. The summed E-state index contributed by atoms with van der Waals surface area (Å²) >= 11 is 6.75. The molecule has 108 valence electrons. The SMILES string of the molecule is CCCNc1cc(C(C)C)nc(-c2cc(Br)c(Br)o2)n1. The van der Waals surface area contributed by atoms with Crippen LogP contribution in [0.1, 0.15) is 38.8 Å². The van der Waals surface area contributed by atoms with E-state index in [4.69, 9.17) is 4.42 Å². The lowest BCUT2D eigenvalue weighted by Gasteiger charge is -2.10. The summed E-state index contributed by atoms with van der Waals surface area (Å²) in [6.45, 7) is 7.24. The van der Waals surface area contributed by atoms with Gasteiger partial charge in [0, 0.05) is 24.4 Å². The Bertz CT molecular complexity index is 577. The van der Waals surface area contributed by atoms with Crippen LogP contribution in [0.3, 0.4) is 0 Å². The quantitative estimate of drug-likeness (QED) is 0.745. The maximum atomic E-state index is 5.61. The van der Waals surface area contributed by atoms with Gasteiger partial charge in [0.15, 0.2) is 16.3 Å². The molecule has 4 nitrogen and oxygen atoms in total. The van der Waals surface area contributed by atoms with E-state index in [1.807, 2.05) is 12.1 Å². The van der Waals surface area contributed by atoms with E-state index >= 15 is 0 Å². The second-order valence-electron chi connectivity index (χ2n) is 4.82. The molecule has 1 N–H and O–H groups in total. The zero-order valence-electron chi connectivity index (χ0n) is 11.7. The third-order valence-corrected chi connectivity index (χ3v) is 4.47. The topological polar surface area (TPSA) is 51.0 Å². The summed E-state index contributed by atoms with van der Waals surface area (Å²) in [7, 11) is 0. The Balaban J connectivity index is 2.43. The molecule has 2 aromatic rings. The summed E-state index contributed by atoms with van der Waals surface area (Å²) in [5.74, 6) is 2.41. The van der Waals surface area contributed by atoms with Gasteiger partial charge in [-0.15, -0.1) is 0 Å². The van der Waals surface area contributed by atoms with Crippen molar-refractivity contribution in [2.75, 3.05) is 11.9 Å². The minimum Gasteiger partial charge on any atom is -0.445 e.